The molecule has 0 atom stereocenters. The molecular formula is C14H17BrClNS. The Morgan fingerprint density at radius 1 is 1.28 bits per heavy atom. The molecule has 0 spiro atoms. The van der Waals surface area contributed by atoms with E-state index >= 15 is 0 Å². The van der Waals surface area contributed by atoms with Crippen LogP contribution >= 0.6 is 27.7 Å². The van der Waals surface area contributed by atoms with Crippen molar-refractivity contribution in [3.8, 4) is 0 Å². The quantitative estimate of drug-likeness (QED) is 0.584. The molecule has 0 N–H and O–H groups in total. The van der Waals surface area contributed by atoms with Gasteiger partial charge in [0.05, 0.1) is 4.47 Å². The number of benzene rings is 1. The normalized spacial score (nSPS) is 10.3. The highest BCUT2D eigenvalue weighted by atomic mass is 79.9. The minimum absolute atomic E-state index is 0. The van der Waals surface area contributed by atoms with E-state index in [9.17, 15) is 0 Å². The lowest BCUT2D eigenvalue weighted by atomic mass is 10.2. The van der Waals surface area contributed by atoms with Gasteiger partial charge in [-0.15, -0.1) is 0 Å². The highest BCUT2D eigenvalue weighted by Gasteiger charge is 2.09. The topological polar surface area (TPSA) is 3.88 Å². The zero-order chi connectivity index (χ0) is 12.1. The summed E-state index contributed by atoms with van der Waals surface area (Å²) < 4.78 is 3.46. The Bertz CT molecular complexity index is 504. The Hall–Kier alpha value is -0.250. The highest BCUT2D eigenvalue weighted by Crippen LogP contribution is 2.16. The summed E-state index contributed by atoms with van der Waals surface area (Å²) >= 11 is 5.57. The highest BCUT2D eigenvalue weighted by molar-refractivity contribution is 9.10. The summed E-state index contributed by atoms with van der Waals surface area (Å²) in [6, 6.07) is 10.7. The average Bonchev–Trinajstić information content (AvgIpc) is 2.34. The molecule has 2 aromatic rings. The smallest absolute Gasteiger partial charge is 0.213 e. The van der Waals surface area contributed by atoms with E-state index in [1.807, 2.05) is 11.8 Å². The average molecular weight is 347 g/mol. The summed E-state index contributed by atoms with van der Waals surface area (Å²) in [5.41, 5.74) is 1.31. The summed E-state index contributed by atoms with van der Waals surface area (Å²) in [6.07, 6.45) is 4.75. The molecule has 0 saturated heterocycles. The Balaban J connectivity index is 0.00000162. The SMILES string of the molecule is CCCCSC[n+]1cc(Br)cc2ccccc21.[Cl-]. The van der Waals surface area contributed by atoms with E-state index in [-0.39, 0.29) is 12.4 Å². The first-order chi connectivity index (χ1) is 8.31. The monoisotopic (exact) mass is 345 g/mol. The van der Waals surface area contributed by atoms with Crippen LogP contribution in [0.15, 0.2) is 41.0 Å². The van der Waals surface area contributed by atoms with Gasteiger partial charge in [-0.1, -0.05) is 37.2 Å². The van der Waals surface area contributed by atoms with E-state index in [4.69, 9.17) is 0 Å². The Kier molecular flexibility index (Phi) is 7.05. The number of nitrogens with zero attached hydrogens (tertiary/aromatic N) is 1. The molecular weight excluding hydrogens is 330 g/mol. The van der Waals surface area contributed by atoms with Crippen molar-refractivity contribution in [3.63, 3.8) is 0 Å². The van der Waals surface area contributed by atoms with Crippen LogP contribution in [0, 0.1) is 0 Å². The van der Waals surface area contributed by atoms with Gasteiger partial charge in [0.1, 0.15) is 0 Å². The molecule has 1 heterocycles. The lowest BCUT2D eigenvalue weighted by Gasteiger charge is -2.02. The molecule has 0 unspecified atom stereocenters. The molecule has 1 aromatic carbocycles. The molecule has 1 nitrogen and oxygen atoms in total. The molecule has 4 heteroatoms. The fourth-order valence-electron chi connectivity index (χ4n) is 1.79. The van der Waals surface area contributed by atoms with Crippen molar-refractivity contribution in [1.82, 2.24) is 0 Å². The van der Waals surface area contributed by atoms with Gasteiger partial charge in [0.15, 0.2) is 12.1 Å². The van der Waals surface area contributed by atoms with Gasteiger partial charge in [0.25, 0.3) is 0 Å². The number of unbranched alkanes of at least 4 members (excludes halogenated alkanes) is 1. The van der Waals surface area contributed by atoms with Crippen LogP contribution in [0.4, 0.5) is 0 Å². The van der Waals surface area contributed by atoms with E-state index < -0.39 is 0 Å². The van der Waals surface area contributed by atoms with Gasteiger partial charge >= 0.3 is 0 Å². The number of thioether (sulfide) groups is 1. The van der Waals surface area contributed by atoms with Gasteiger partial charge in [-0.3, -0.25) is 0 Å². The third-order valence-corrected chi connectivity index (χ3v) is 4.16. The van der Waals surface area contributed by atoms with Gasteiger partial charge in [0.2, 0.25) is 5.52 Å². The molecule has 2 rings (SSSR count). The number of halogens is 2. The first-order valence-corrected chi connectivity index (χ1v) is 7.91. The van der Waals surface area contributed by atoms with Gasteiger partial charge in [-0.05, 0) is 40.2 Å². The first-order valence-electron chi connectivity index (χ1n) is 5.96. The van der Waals surface area contributed by atoms with E-state index in [1.54, 1.807) is 0 Å². The fraction of sp³-hybridized carbons (Fsp3) is 0.357. The molecule has 0 aliphatic carbocycles. The van der Waals surface area contributed by atoms with Gasteiger partial charge in [0, 0.05) is 11.5 Å². The summed E-state index contributed by atoms with van der Waals surface area (Å²) in [4.78, 5) is 0. The van der Waals surface area contributed by atoms with Crippen LogP contribution in [-0.2, 0) is 5.88 Å². The van der Waals surface area contributed by atoms with E-state index in [0.717, 1.165) is 10.3 Å². The molecule has 0 saturated carbocycles. The van der Waals surface area contributed by atoms with Crippen LogP contribution in [0.1, 0.15) is 19.8 Å². The standard InChI is InChI=1S/C14H17BrNS.ClH/c1-2-3-8-17-11-16-10-13(15)9-12-6-4-5-7-14(12)16;/h4-7,9-10H,2-3,8,11H2,1H3;1H/q+1;/p-1. The van der Waals surface area contributed by atoms with Gasteiger partial charge in [-0.25, -0.2) is 0 Å². The third-order valence-electron chi connectivity index (χ3n) is 2.69. The lowest BCUT2D eigenvalue weighted by molar-refractivity contribution is -0.650. The Morgan fingerprint density at radius 2 is 2.06 bits per heavy atom. The molecule has 1 aromatic heterocycles. The number of aromatic nitrogens is 1. The maximum atomic E-state index is 3.58. The van der Waals surface area contributed by atoms with Crippen molar-refractivity contribution in [2.45, 2.75) is 25.6 Å². The first kappa shape index (κ1) is 15.8. The molecule has 0 fully saturated rings. The number of rotatable bonds is 5. The Labute approximate surface area is 128 Å². The predicted octanol–water partition coefficient (Wildman–Crippen LogP) is 1.38. The second-order valence-corrected chi connectivity index (χ2v) is 6.07. The lowest BCUT2D eigenvalue weighted by Crippen LogP contribution is -3.00. The largest absolute Gasteiger partial charge is 1.00 e. The second-order valence-electron chi connectivity index (χ2n) is 4.08. The van der Waals surface area contributed by atoms with Crippen molar-refractivity contribution >= 4 is 38.6 Å². The number of para-hydroxylation sites is 1. The van der Waals surface area contributed by atoms with Gasteiger partial charge in [-0.2, -0.15) is 4.57 Å². The summed E-state index contributed by atoms with van der Waals surface area (Å²) in [5, 5.41) is 1.29. The summed E-state index contributed by atoms with van der Waals surface area (Å²) in [6.45, 7) is 2.24. The third kappa shape index (κ3) is 4.15. The van der Waals surface area contributed by atoms with Crippen LogP contribution < -0.4 is 17.0 Å². The zero-order valence-electron chi connectivity index (χ0n) is 10.4. The maximum absolute atomic E-state index is 3.58. The van der Waals surface area contributed by atoms with Crippen LogP contribution in [0.25, 0.3) is 10.9 Å². The summed E-state index contributed by atoms with van der Waals surface area (Å²) in [7, 11) is 0. The number of hydrogen-bond donors (Lipinski definition) is 0. The maximum Gasteiger partial charge on any atom is 0.213 e. The van der Waals surface area contributed by atoms with Crippen LogP contribution in [0.2, 0.25) is 0 Å². The second kappa shape index (κ2) is 8.03. The van der Waals surface area contributed by atoms with Crippen molar-refractivity contribution < 1.29 is 17.0 Å². The predicted molar refractivity (Wildman–Crippen MR) is 79.2 cm³/mol. The van der Waals surface area contributed by atoms with Crippen LogP contribution in [-0.4, -0.2) is 5.75 Å². The van der Waals surface area contributed by atoms with Crippen LogP contribution in [0.3, 0.4) is 0 Å². The molecule has 0 bridgehead atoms. The minimum atomic E-state index is 0. The number of pyridine rings is 1. The summed E-state index contributed by atoms with van der Waals surface area (Å²) in [5.74, 6) is 2.27. The van der Waals surface area contributed by atoms with Crippen molar-refractivity contribution in [3.05, 3.63) is 41.0 Å². The number of fused-ring (bicyclic) bond motifs is 1. The zero-order valence-corrected chi connectivity index (χ0v) is 13.6. The van der Waals surface area contributed by atoms with Crippen molar-refractivity contribution in [2.75, 3.05) is 5.75 Å². The van der Waals surface area contributed by atoms with Crippen LogP contribution in [0.5, 0.6) is 0 Å². The molecule has 0 aliphatic heterocycles. The van der Waals surface area contributed by atoms with Crippen molar-refractivity contribution in [1.29, 1.82) is 0 Å². The van der Waals surface area contributed by atoms with E-state index in [2.05, 4.69) is 63.9 Å². The van der Waals surface area contributed by atoms with Crippen molar-refractivity contribution in [2.24, 2.45) is 0 Å². The number of hydrogen-bond acceptors (Lipinski definition) is 1. The molecule has 0 amide bonds. The molecule has 98 valence electrons. The van der Waals surface area contributed by atoms with E-state index in [1.165, 1.54) is 29.5 Å². The molecule has 18 heavy (non-hydrogen) atoms. The fourth-order valence-corrected chi connectivity index (χ4v) is 3.32. The minimum Gasteiger partial charge on any atom is -1.00 e. The Morgan fingerprint density at radius 3 is 2.83 bits per heavy atom. The van der Waals surface area contributed by atoms with Gasteiger partial charge < -0.3 is 12.4 Å². The molecule has 0 aliphatic rings. The van der Waals surface area contributed by atoms with E-state index in [0.29, 0.717) is 0 Å². The molecule has 0 radical (unpaired) electrons.